The van der Waals surface area contributed by atoms with Gasteiger partial charge < -0.3 is 4.74 Å². The van der Waals surface area contributed by atoms with E-state index in [1.165, 1.54) is 24.4 Å². The van der Waals surface area contributed by atoms with Crippen molar-refractivity contribution >= 4 is 43.8 Å². The minimum absolute atomic E-state index is 0.0843. The first-order chi connectivity index (χ1) is 10.6. The molecule has 0 aliphatic heterocycles. The van der Waals surface area contributed by atoms with Crippen LogP contribution in [0.15, 0.2) is 21.7 Å². The van der Waals surface area contributed by atoms with Crippen molar-refractivity contribution in [1.82, 2.24) is 4.98 Å². The molecule has 0 atom stereocenters. The zero-order valence-electron chi connectivity index (χ0n) is 11.4. The highest BCUT2D eigenvalue weighted by molar-refractivity contribution is 7.94. The molecule has 126 valence electrons. The van der Waals surface area contributed by atoms with Gasteiger partial charge in [0.05, 0.1) is 6.61 Å². The number of nitrogens with one attached hydrogen (secondary N) is 1. The Morgan fingerprint density at radius 1 is 1.43 bits per heavy atom. The number of thiazole rings is 1. The maximum atomic E-state index is 12.9. The van der Waals surface area contributed by atoms with Crippen molar-refractivity contribution in [1.29, 1.82) is 0 Å². The minimum atomic E-state index is -4.91. The molecule has 0 saturated heterocycles. The number of anilines is 1. The number of hydrogen-bond donors (Lipinski definition) is 1. The summed E-state index contributed by atoms with van der Waals surface area (Å²) in [6, 6.07) is 2.77. The fourth-order valence-corrected chi connectivity index (χ4v) is 4.58. The Kier molecular flexibility index (Phi) is 4.96. The second-order valence-corrected chi connectivity index (χ2v) is 7.81. The summed E-state index contributed by atoms with van der Waals surface area (Å²) in [6.07, 6.45) is -4.91. The van der Waals surface area contributed by atoms with Crippen LogP contribution in [0.2, 0.25) is 0 Å². The summed E-state index contributed by atoms with van der Waals surface area (Å²) in [5, 5.41) is 0.940. The zero-order chi connectivity index (χ0) is 17.3. The van der Waals surface area contributed by atoms with E-state index in [1.54, 1.807) is 0 Å². The van der Waals surface area contributed by atoms with E-state index < -0.39 is 37.9 Å². The summed E-state index contributed by atoms with van der Waals surface area (Å²) in [4.78, 5) is 14.0. The lowest BCUT2D eigenvalue weighted by molar-refractivity contribution is -0.141. The van der Waals surface area contributed by atoms with E-state index in [1.807, 2.05) is 4.72 Å². The second kappa shape index (κ2) is 6.45. The van der Waals surface area contributed by atoms with Gasteiger partial charge >= 0.3 is 12.1 Å². The SMILES string of the molecule is CCOC(=O)c1sc(NS(=O)(=O)c2cccs2)nc1C(F)(F)F. The minimum Gasteiger partial charge on any atom is -0.462 e. The van der Waals surface area contributed by atoms with Gasteiger partial charge in [-0.15, -0.1) is 11.3 Å². The lowest BCUT2D eigenvalue weighted by Crippen LogP contribution is -2.14. The Balaban J connectivity index is 2.39. The van der Waals surface area contributed by atoms with E-state index in [2.05, 4.69) is 9.72 Å². The molecule has 2 aromatic rings. The fraction of sp³-hybridized carbons (Fsp3) is 0.273. The third-order valence-corrected chi connectivity index (χ3v) is 6.15. The van der Waals surface area contributed by atoms with Crippen LogP contribution < -0.4 is 4.72 Å². The van der Waals surface area contributed by atoms with Gasteiger partial charge in [-0.1, -0.05) is 17.4 Å². The first-order valence-electron chi connectivity index (χ1n) is 5.96. The molecule has 2 rings (SSSR count). The topological polar surface area (TPSA) is 85.4 Å². The van der Waals surface area contributed by atoms with Gasteiger partial charge in [0.15, 0.2) is 10.8 Å². The van der Waals surface area contributed by atoms with Gasteiger partial charge in [0.2, 0.25) is 0 Å². The van der Waals surface area contributed by atoms with Crippen LogP contribution in [0.5, 0.6) is 0 Å². The first kappa shape index (κ1) is 17.7. The lowest BCUT2D eigenvalue weighted by atomic mass is 10.3. The normalized spacial score (nSPS) is 12.2. The highest BCUT2D eigenvalue weighted by Gasteiger charge is 2.40. The molecule has 23 heavy (non-hydrogen) atoms. The number of carbonyl (C=O) groups is 1. The summed E-state index contributed by atoms with van der Waals surface area (Å²) >= 11 is 1.16. The van der Waals surface area contributed by atoms with Gasteiger partial charge in [-0.05, 0) is 18.4 Å². The van der Waals surface area contributed by atoms with Crippen LogP contribution in [-0.4, -0.2) is 26.0 Å². The molecular weight excluding hydrogens is 377 g/mol. The third kappa shape index (κ3) is 4.00. The Labute approximate surface area is 137 Å². The van der Waals surface area contributed by atoms with Gasteiger partial charge in [-0.2, -0.15) is 13.2 Å². The number of nitrogens with zero attached hydrogens (tertiary/aromatic N) is 1. The number of carbonyl (C=O) groups excluding carboxylic acids is 1. The Bertz CT molecular complexity index is 797. The van der Waals surface area contributed by atoms with E-state index in [0.29, 0.717) is 0 Å². The quantitative estimate of drug-likeness (QED) is 0.798. The molecule has 1 N–H and O–H groups in total. The smallest absolute Gasteiger partial charge is 0.435 e. The lowest BCUT2D eigenvalue weighted by Gasteiger charge is -2.05. The molecule has 2 aromatic heterocycles. The first-order valence-corrected chi connectivity index (χ1v) is 9.14. The van der Waals surface area contributed by atoms with Gasteiger partial charge in [0.1, 0.15) is 9.09 Å². The van der Waals surface area contributed by atoms with E-state index in [0.717, 1.165) is 11.3 Å². The van der Waals surface area contributed by atoms with Crippen LogP contribution in [0.1, 0.15) is 22.3 Å². The molecule has 0 aliphatic rings. The number of hydrogen-bond acceptors (Lipinski definition) is 7. The molecule has 0 bridgehead atoms. The van der Waals surface area contributed by atoms with Crippen molar-refractivity contribution in [3.8, 4) is 0 Å². The second-order valence-electron chi connectivity index (χ2n) is 3.95. The Morgan fingerprint density at radius 3 is 2.65 bits per heavy atom. The van der Waals surface area contributed by atoms with Crippen LogP contribution in [0.25, 0.3) is 0 Å². The van der Waals surface area contributed by atoms with Gasteiger partial charge in [-0.25, -0.2) is 18.2 Å². The van der Waals surface area contributed by atoms with Gasteiger partial charge in [-0.3, -0.25) is 4.72 Å². The number of sulfonamides is 1. The maximum absolute atomic E-state index is 12.9. The van der Waals surface area contributed by atoms with Crippen LogP contribution in [-0.2, 0) is 20.9 Å². The summed E-state index contributed by atoms with van der Waals surface area (Å²) in [5.41, 5.74) is -1.48. The number of rotatable bonds is 5. The largest absolute Gasteiger partial charge is 0.462 e. The van der Waals surface area contributed by atoms with E-state index in [4.69, 9.17) is 0 Å². The van der Waals surface area contributed by atoms with Crippen molar-refractivity contribution in [2.24, 2.45) is 0 Å². The summed E-state index contributed by atoms with van der Waals surface area (Å²) in [5.74, 6) is -1.21. The average Bonchev–Trinajstić information content (AvgIpc) is 3.06. The Hall–Kier alpha value is -1.66. The van der Waals surface area contributed by atoms with E-state index in [9.17, 15) is 26.4 Å². The monoisotopic (exact) mass is 386 g/mol. The predicted octanol–water partition coefficient (Wildman–Crippen LogP) is 3.20. The average molecular weight is 386 g/mol. The molecule has 2 heterocycles. The van der Waals surface area contributed by atoms with Crippen molar-refractivity contribution in [2.45, 2.75) is 17.3 Å². The van der Waals surface area contributed by atoms with Crippen molar-refractivity contribution < 1.29 is 31.1 Å². The molecule has 0 amide bonds. The summed E-state index contributed by atoms with van der Waals surface area (Å²) in [6.45, 7) is 1.32. The molecule has 12 heteroatoms. The molecule has 0 fully saturated rings. The van der Waals surface area contributed by atoms with Gasteiger partial charge in [0.25, 0.3) is 10.0 Å². The van der Waals surface area contributed by atoms with E-state index >= 15 is 0 Å². The number of alkyl halides is 3. The Morgan fingerprint density at radius 2 is 2.13 bits per heavy atom. The van der Waals surface area contributed by atoms with Crippen molar-refractivity contribution in [3.63, 3.8) is 0 Å². The molecule has 0 spiro atoms. The number of aromatic nitrogens is 1. The molecule has 0 unspecified atom stereocenters. The standard InChI is InChI=1S/C11H9F3N2O4S3/c1-2-20-9(17)7-8(11(12,13)14)15-10(22-7)16-23(18,19)6-4-3-5-21-6/h3-5H,2H2,1H3,(H,15,16). The number of esters is 1. The fourth-order valence-electron chi connectivity index (χ4n) is 1.47. The molecule has 0 aliphatic carbocycles. The summed E-state index contributed by atoms with van der Waals surface area (Å²) < 4.78 is 69.2. The maximum Gasteiger partial charge on any atom is 0.435 e. The zero-order valence-corrected chi connectivity index (χ0v) is 13.8. The van der Waals surface area contributed by atoms with Crippen LogP contribution in [0.3, 0.4) is 0 Å². The van der Waals surface area contributed by atoms with Crippen LogP contribution in [0.4, 0.5) is 18.3 Å². The third-order valence-electron chi connectivity index (χ3n) is 2.34. The molecule has 6 nitrogen and oxygen atoms in total. The summed E-state index contributed by atoms with van der Waals surface area (Å²) in [7, 11) is -4.06. The molecule has 0 radical (unpaired) electrons. The molecule has 0 saturated carbocycles. The molecule has 0 aromatic carbocycles. The van der Waals surface area contributed by atoms with E-state index in [-0.39, 0.29) is 22.2 Å². The van der Waals surface area contributed by atoms with Crippen molar-refractivity contribution in [2.75, 3.05) is 11.3 Å². The highest BCUT2D eigenvalue weighted by Crippen LogP contribution is 2.37. The number of thiophene rings is 1. The number of ether oxygens (including phenoxy) is 1. The number of halogens is 3. The van der Waals surface area contributed by atoms with Crippen LogP contribution in [0, 0.1) is 0 Å². The highest BCUT2D eigenvalue weighted by atomic mass is 32.2. The van der Waals surface area contributed by atoms with Gasteiger partial charge in [0, 0.05) is 0 Å². The van der Waals surface area contributed by atoms with Crippen molar-refractivity contribution in [3.05, 3.63) is 28.1 Å². The molecular formula is C11H9F3N2O4S3. The predicted molar refractivity (Wildman–Crippen MR) is 78.2 cm³/mol. The van der Waals surface area contributed by atoms with Crippen LogP contribution >= 0.6 is 22.7 Å².